The van der Waals surface area contributed by atoms with Crippen LogP contribution in [0.3, 0.4) is 0 Å². The van der Waals surface area contributed by atoms with Crippen molar-refractivity contribution in [3.8, 4) is 0 Å². The molecule has 1 aromatic carbocycles. The largest absolute Gasteiger partial charge is 0.289 e. The lowest BCUT2D eigenvalue weighted by Crippen LogP contribution is -2.24. The van der Waals surface area contributed by atoms with E-state index in [-0.39, 0.29) is 18.6 Å². The van der Waals surface area contributed by atoms with Crippen LogP contribution in [0.25, 0.3) is 0 Å². The number of carbonyl (C=O) groups is 2. The average molecular weight is 302 g/mol. The quantitative estimate of drug-likeness (QED) is 0.387. The summed E-state index contributed by atoms with van der Waals surface area (Å²) in [5, 5.41) is 8.26. The highest BCUT2D eigenvalue weighted by Gasteiger charge is 2.09. The molecule has 0 spiro atoms. The molecule has 0 aromatic heterocycles. The molecule has 0 aliphatic heterocycles. The lowest BCUT2D eigenvalue weighted by atomic mass is 10.2. The summed E-state index contributed by atoms with van der Waals surface area (Å²) in [6.07, 6.45) is 2.01. The van der Waals surface area contributed by atoms with Crippen molar-refractivity contribution in [1.82, 2.24) is 11.0 Å². The summed E-state index contributed by atoms with van der Waals surface area (Å²) in [7, 11) is 0. The number of carbonyl (C=O) groups excluding carboxylic acids is 2. The highest BCUT2D eigenvalue weighted by molar-refractivity contribution is 5.93. The fourth-order valence-electron chi connectivity index (χ4n) is 1.55. The van der Waals surface area contributed by atoms with Gasteiger partial charge in [0.2, 0.25) is 5.91 Å². The lowest BCUT2D eigenvalue weighted by molar-refractivity contribution is -0.129. The summed E-state index contributed by atoms with van der Waals surface area (Å²) in [6.45, 7) is 0.199. The van der Waals surface area contributed by atoms with E-state index in [1.807, 2.05) is 0 Å². The van der Waals surface area contributed by atoms with Crippen LogP contribution in [0.1, 0.15) is 36.0 Å². The molecule has 0 aliphatic carbocycles. The molecule has 0 atom stereocenters. The molecule has 0 aliphatic rings. The van der Waals surface area contributed by atoms with Gasteiger partial charge in [-0.25, -0.2) is 19.7 Å². The predicted molar refractivity (Wildman–Crippen MR) is 68.2 cm³/mol. The molecular formula is C13H16F2N2O4. The Balaban J connectivity index is 2.18. The van der Waals surface area contributed by atoms with Gasteiger partial charge < -0.3 is 0 Å². The van der Waals surface area contributed by atoms with Gasteiger partial charge in [0.05, 0.1) is 6.61 Å². The minimum Gasteiger partial charge on any atom is -0.289 e. The number of benzene rings is 1. The molecule has 0 saturated carbocycles. The second-order valence-corrected chi connectivity index (χ2v) is 4.28. The highest BCUT2D eigenvalue weighted by Crippen LogP contribution is 2.07. The van der Waals surface area contributed by atoms with Gasteiger partial charge in [0.25, 0.3) is 5.91 Å². The van der Waals surface area contributed by atoms with Gasteiger partial charge in [-0.15, -0.1) is 0 Å². The van der Waals surface area contributed by atoms with Gasteiger partial charge >= 0.3 is 0 Å². The fourth-order valence-corrected chi connectivity index (χ4v) is 1.55. The van der Waals surface area contributed by atoms with Crippen molar-refractivity contribution in [1.29, 1.82) is 0 Å². The summed E-state index contributed by atoms with van der Waals surface area (Å²) >= 11 is 0. The van der Waals surface area contributed by atoms with Crippen LogP contribution in [0.15, 0.2) is 18.2 Å². The third kappa shape index (κ3) is 6.77. The SMILES string of the molecule is O=C(CCCCCONC(=O)c1cc(F)cc(F)c1)NO. The van der Waals surface area contributed by atoms with E-state index in [1.165, 1.54) is 5.48 Å². The van der Waals surface area contributed by atoms with Crippen LogP contribution in [0, 0.1) is 11.6 Å². The Bertz CT molecular complexity index is 477. The van der Waals surface area contributed by atoms with Crippen molar-refractivity contribution >= 4 is 11.8 Å². The molecule has 0 fully saturated rings. The summed E-state index contributed by atoms with van der Waals surface area (Å²) in [5.74, 6) is -2.89. The predicted octanol–water partition coefficient (Wildman–Crippen LogP) is 1.69. The van der Waals surface area contributed by atoms with Crippen molar-refractivity contribution < 1.29 is 28.4 Å². The maximum atomic E-state index is 12.9. The molecule has 1 aromatic rings. The Hall–Kier alpha value is -2.06. The molecule has 3 N–H and O–H groups in total. The molecule has 8 heteroatoms. The van der Waals surface area contributed by atoms with E-state index in [9.17, 15) is 18.4 Å². The molecular weight excluding hydrogens is 286 g/mol. The normalized spacial score (nSPS) is 10.2. The van der Waals surface area contributed by atoms with Gasteiger partial charge in [-0.2, -0.15) is 0 Å². The molecule has 116 valence electrons. The van der Waals surface area contributed by atoms with Crippen LogP contribution >= 0.6 is 0 Å². The van der Waals surface area contributed by atoms with Crippen molar-refractivity contribution in [3.05, 3.63) is 35.4 Å². The monoisotopic (exact) mass is 302 g/mol. The van der Waals surface area contributed by atoms with Crippen LogP contribution in [0.5, 0.6) is 0 Å². The van der Waals surface area contributed by atoms with Crippen molar-refractivity contribution in [2.75, 3.05) is 6.61 Å². The van der Waals surface area contributed by atoms with Gasteiger partial charge in [-0.3, -0.25) is 19.6 Å². The zero-order valence-electron chi connectivity index (χ0n) is 11.2. The van der Waals surface area contributed by atoms with Crippen molar-refractivity contribution in [3.63, 3.8) is 0 Å². The van der Waals surface area contributed by atoms with Crippen LogP contribution in [0.2, 0.25) is 0 Å². The smallest absolute Gasteiger partial charge is 0.275 e. The van der Waals surface area contributed by atoms with Crippen LogP contribution in [-0.2, 0) is 9.63 Å². The molecule has 0 unspecified atom stereocenters. The Kier molecular flexibility index (Phi) is 7.27. The van der Waals surface area contributed by atoms with E-state index < -0.39 is 23.4 Å². The lowest BCUT2D eigenvalue weighted by Gasteiger charge is -2.06. The van der Waals surface area contributed by atoms with E-state index in [4.69, 9.17) is 10.0 Å². The van der Waals surface area contributed by atoms with E-state index in [1.54, 1.807) is 0 Å². The number of halogens is 2. The molecule has 1 rings (SSSR count). The van der Waals surface area contributed by atoms with E-state index in [2.05, 4.69) is 5.48 Å². The Morgan fingerprint density at radius 2 is 1.76 bits per heavy atom. The second kappa shape index (κ2) is 8.98. The first-order chi connectivity index (χ1) is 10.0. The minimum atomic E-state index is -0.845. The average Bonchev–Trinajstić information content (AvgIpc) is 2.44. The zero-order valence-corrected chi connectivity index (χ0v) is 11.2. The zero-order chi connectivity index (χ0) is 15.7. The third-order valence-electron chi connectivity index (χ3n) is 2.56. The molecule has 21 heavy (non-hydrogen) atoms. The van der Waals surface area contributed by atoms with Crippen molar-refractivity contribution in [2.45, 2.75) is 25.7 Å². The topological polar surface area (TPSA) is 87.7 Å². The van der Waals surface area contributed by atoms with E-state index in [0.29, 0.717) is 25.3 Å². The molecule has 6 nitrogen and oxygen atoms in total. The van der Waals surface area contributed by atoms with Gasteiger partial charge in [0.1, 0.15) is 11.6 Å². The summed E-state index contributed by atoms with van der Waals surface area (Å²) < 4.78 is 25.8. The summed E-state index contributed by atoms with van der Waals surface area (Å²) in [6, 6.07) is 2.46. The Morgan fingerprint density at radius 3 is 2.38 bits per heavy atom. The van der Waals surface area contributed by atoms with Gasteiger partial charge in [-0.1, -0.05) is 6.42 Å². The number of hydroxylamine groups is 2. The van der Waals surface area contributed by atoms with Gasteiger partial charge in [0.15, 0.2) is 0 Å². The van der Waals surface area contributed by atoms with E-state index >= 15 is 0 Å². The molecule has 0 heterocycles. The number of unbranched alkanes of at least 4 members (excludes halogenated alkanes) is 2. The number of nitrogens with one attached hydrogen (secondary N) is 2. The first kappa shape index (κ1) is 17.0. The number of hydrogen-bond acceptors (Lipinski definition) is 4. The van der Waals surface area contributed by atoms with Gasteiger partial charge in [-0.05, 0) is 25.0 Å². The number of rotatable bonds is 8. The summed E-state index contributed by atoms with van der Waals surface area (Å²) in [4.78, 5) is 27.1. The maximum Gasteiger partial charge on any atom is 0.275 e. The maximum absolute atomic E-state index is 12.9. The minimum absolute atomic E-state index is 0.174. The van der Waals surface area contributed by atoms with Crippen LogP contribution in [-0.4, -0.2) is 23.6 Å². The first-order valence-corrected chi connectivity index (χ1v) is 6.34. The molecule has 2 amide bonds. The van der Waals surface area contributed by atoms with Gasteiger partial charge in [0, 0.05) is 18.1 Å². The van der Waals surface area contributed by atoms with Crippen molar-refractivity contribution in [2.24, 2.45) is 0 Å². The molecule has 0 radical (unpaired) electrons. The Morgan fingerprint density at radius 1 is 1.10 bits per heavy atom. The van der Waals surface area contributed by atoms with E-state index in [0.717, 1.165) is 12.1 Å². The van der Waals surface area contributed by atoms with Crippen LogP contribution < -0.4 is 11.0 Å². The molecule has 0 bridgehead atoms. The number of amides is 2. The standard InChI is InChI=1S/C13H16F2N2O4/c14-10-6-9(7-11(15)8-10)13(19)17-21-5-3-1-2-4-12(18)16-20/h6-8,20H,1-5H2,(H,16,18)(H,17,19). The third-order valence-corrected chi connectivity index (χ3v) is 2.56. The number of hydrogen-bond donors (Lipinski definition) is 3. The van der Waals surface area contributed by atoms with Crippen LogP contribution in [0.4, 0.5) is 8.78 Å². The first-order valence-electron chi connectivity index (χ1n) is 6.34. The second-order valence-electron chi connectivity index (χ2n) is 4.28. The Labute approximate surface area is 120 Å². The molecule has 0 saturated heterocycles. The summed E-state index contributed by atoms with van der Waals surface area (Å²) in [5.41, 5.74) is 3.42. The highest BCUT2D eigenvalue weighted by atomic mass is 19.1. The fraction of sp³-hybridized carbons (Fsp3) is 0.385.